The summed E-state index contributed by atoms with van der Waals surface area (Å²) in [6, 6.07) is 19.3. The first-order valence-corrected chi connectivity index (χ1v) is 9.16. The second kappa shape index (κ2) is 5.99. The largest absolute Gasteiger partial charge is 0.288 e. The number of nitrogens with zero attached hydrogens (tertiary/aromatic N) is 1. The average Bonchev–Trinajstić information content (AvgIpc) is 2.94. The molecule has 0 radical (unpaired) electrons. The van der Waals surface area contributed by atoms with E-state index in [1.54, 1.807) is 0 Å². The van der Waals surface area contributed by atoms with E-state index in [2.05, 4.69) is 6.92 Å². The minimum absolute atomic E-state index is 0.450. The van der Waals surface area contributed by atoms with Gasteiger partial charge < -0.3 is 0 Å². The molecule has 0 heterocycles. The standard InChI is InChI=1S/C18H20NOP/c1-15-9-8-14-18(15)19-21(20,16-10-4-2-5-11-16)17-12-6-3-7-13-17/h2-7,10-13,15H,8-9,14H2,1H3/b19-18+. The monoisotopic (exact) mass is 297 g/mol. The molecule has 0 saturated heterocycles. The molecule has 2 aromatic rings. The normalized spacial score (nSPS) is 20.8. The Bertz CT molecular complexity index is 635. The summed E-state index contributed by atoms with van der Waals surface area (Å²) in [5.41, 5.74) is 1.12. The first-order chi connectivity index (χ1) is 10.2. The molecule has 0 bridgehead atoms. The quantitative estimate of drug-likeness (QED) is 0.782. The highest BCUT2D eigenvalue weighted by atomic mass is 31.2. The molecular weight excluding hydrogens is 277 g/mol. The zero-order chi connectivity index (χ0) is 14.7. The molecular formula is C18H20NOP. The summed E-state index contributed by atoms with van der Waals surface area (Å²) in [5.74, 6) is 0.450. The van der Waals surface area contributed by atoms with Gasteiger partial charge in [-0.15, -0.1) is 0 Å². The van der Waals surface area contributed by atoms with Gasteiger partial charge in [0.15, 0.2) is 0 Å². The summed E-state index contributed by atoms with van der Waals surface area (Å²) >= 11 is 0. The maximum absolute atomic E-state index is 13.7. The van der Waals surface area contributed by atoms with Crippen molar-refractivity contribution < 1.29 is 4.57 Å². The van der Waals surface area contributed by atoms with Crippen LogP contribution in [0.15, 0.2) is 65.4 Å². The van der Waals surface area contributed by atoms with E-state index in [9.17, 15) is 4.57 Å². The maximum atomic E-state index is 13.7. The Kier molecular flexibility index (Phi) is 4.07. The predicted molar refractivity (Wildman–Crippen MR) is 90.2 cm³/mol. The van der Waals surface area contributed by atoms with Gasteiger partial charge >= 0.3 is 0 Å². The third-order valence-corrected chi connectivity index (χ3v) is 6.66. The molecule has 1 saturated carbocycles. The lowest BCUT2D eigenvalue weighted by molar-refractivity contribution is 0.588. The zero-order valence-electron chi connectivity index (χ0n) is 12.3. The minimum Gasteiger partial charge on any atom is -0.288 e. The van der Waals surface area contributed by atoms with Crippen LogP contribution >= 0.6 is 7.29 Å². The Morgan fingerprint density at radius 1 is 0.952 bits per heavy atom. The molecule has 1 unspecified atom stereocenters. The molecule has 0 amide bonds. The van der Waals surface area contributed by atoms with E-state index in [0.717, 1.165) is 35.6 Å². The SMILES string of the molecule is CC1CCC/C1=N\P(=O)(c1ccccc1)c1ccccc1. The highest BCUT2D eigenvalue weighted by molar-refractivity contribution is 7.77. The van der Waals surface area contributed by atoms with Crippen molar-refractivity contribution in [3.8, 4) is 0 Å². The molecule has 2 nitrogen and oxygen atoms in total. The molecule has 3 heteroatoms. The fraction of sp³-hybridized carbons (Fsp3) is 0.278. The molecule has 1 aliphatic rings. The Hall–Kier alpha value is -1.66. The molecule has 0 aliphatic heterocycles. The molecule has 1 aliphatic carbocycles. The predicted octanol–water partition coefficient (Wildman–Crippen LogP) is 4.18. The maximum Gasteiger partial charge on any atom is 0.247 e. The van der Waals surface area contributed by atoms with Gasteiger partial charge in [0.05, 0.1) is 0 Å². The third-order valence-electron chi connectivity index (χ3n) is 4.12. The van der Waals surface area contributed by atoms with Crippen molar-refractivity contribution >= 4 is 23.6 Å². The molecule has 1 atom stereocenters. The van der Waals surface area contributed by atoms with E-state index >= 15 is 0 Å². The fourth-order valence-corrected chi connectivity index (χ4v) is 5.20. The van der Waals surface area contributed by atoms with Crippen molar-refractivity contribution in [3.63, 3.8) is 0 Å². The van der Waals surface area contributed by atoms with Gasteiger partial charge in [0.1, 0.15) is 0 Å². The van der Waals surface area contributed by atoms with Crippen LogP contribution in [0.1, 0.15) is 26.2 Å². The van der Waals surface area contributed by atoms with Crippen LogP contribution in [0.2, 0.25) is 0 Å². The third kappa shape index (κ3) is 2.87. The number of hydrogen-bond donors (Lipinski definition) is 0. The van der Waals surface area contributed by atoms with Gasteiger partial charge in [-0.1, -0.05) is 43.3 Å². The van der Waals surface area contributed by atoms with E-state index in [-0.39, 0.29) is 0 Å². The van der Waals surface area contributed by atoms with Crippen LogP contribution in [0, 0.1) is 5.92 Å². The van der Waals surface area contributed by atoms with Crippen LogP contribution in [-0.2, 0) is 4.57 Å². The van der Waals surface area contributed by atoms with Crippen molar-refractivity contribution in [1.82, 2.24) is 0 Å². The summed E-state index contributed by atoms with van der Waals surface area (Å²) in [4.78, 5) is 0. The summed E-state index contributed by atoms with van der Waals surface area (Å²) < 4.78 is 18.5. The second-order valence-corrected chi connectivity index (χ2v) is 8.02. The van der Waals surface area contributed by atoms with Crippen LogP contribution in [-0.4, -0.2) is 5.71 Å². The molecule has 3 rings (SSSR count). The Labute approximate surface area is 126 Å². The summed E-state index contributed by atoms with van der Waals surface area (Å²) in [6.07, 6.45) is 3.29. The van der Waals surface area contributed by atoms with Crippen molar-refractivity contribution in [1.29, 1.82) is 0 Å². The highest BCUT2D eigenvalue weighted by Gasteiger charge is 2.29. The first kappa shape index (κ1) is 14.3. The summed E-state index contributed by atoms with van der Waals surface area (Å²) in [6.45, 7) is 2.19. The van der Waals surface area contributed by atoms with E-state index in [1.165, 1.54) is 0 Å². The lowest BCUT2D eigenvalue weighted by Gasteiger charge is -2.17. The molecule has 1 fully saturated rings. The summed E-state index contributed by atoms with van der Waals surface area (Å²) in [5, 5.41) is 1.64. The van der Waals surface area contributed by atoms with Crippen molar-refractivity contribution in [2.45, 2.75) is 26.2 Å². The van der Waals surface area contributed by atoms with Gasteiger partial charge in [0.2, 0.25) is 7.29 Å². The Balaban J connectivity index is 2.14. The molecule has 108 valence electrons. The van der Waals surface area contributed by atoms with Gasteiger partial charge in [-0.25, -0.2) is 4.76 Å². The molecule has 21 heavy (non-hydrogen) atoms. The average molecular weight is 297 g/mol. The smallest absolute Gasteiger partial charge is 0.247 e. The van der Waals surface area contributed by atoms with Crippen LogP contribution in [0.5, 0.6) is 0 Å². The Morgan fingerprint density at radius 2 is 1.48 bits per heavy atom. The second-order valence-electron chi connectivity index (χ2n) is 5.63. The van der Waals surface area contributed by atoms with Crippen molar-refractivity contribution in [2.75, 3.05) is 0 Å². The lowest BCUT2D eigenvalue weighted by atomic mass is 10.1. The number of benzene rings is 2. The van der Waals surface area contributed by atoms with Gasteiger partial charge in [-0.05, 0) is 49.4 Å². The van der Waals surface area contributed by atoms with E-state index in [1.807, 2.05) is 60.7 Å². The van der Waals surface area contributed by atoms with E-state index in [4.69, 9.17) is 4.76 Å². The number of rotatable bonds is 3. The van der Waals surface area contributed by atoms with Gasteiger partial charge in [0.25, 0.3) is 0 Å². The lowest BCUT2D eigenvalue weighted by Crippen LogP contribution is -2.16. The van der Waals surface area contributed by atoms with Crippen LogP contribution < -0.4 is 10.6 Å². The molecule has 0 spiro atoms. The van der Waals surface area contributed by atoms with E-state index < -0.39 is 7.29 Å². The molecule has 0 aromatic heterocycles. The number of hydrogen-bond acceptors (Lipinski definition) is 1. The zero-order valence-corrected chi connectivity index (χ0v) is 13.2. The first-order valence-electron chi connectivity index (χ1n) is 7.50. The van der Waals surface area contributed by atoms with Crippen molar-refractivity contribution in [2.24, 2.45) is 10.7 Å². The van der Waals surface area contributed by atoms with Crippen molar-refractivity contribution in [3.05, 3.63) is 60.7 Å². The van der Waals surface area contributed by atoms with Crippen LogP contribution in [0.3, 0.4) is 0 Å². The van der Waals surface area contributed by atoms with Gasteiger partial charge in [-0.2, -0.15) is 0 Å². The summed E-state index contributed by atoms with van der Waals surface area (Å²) in [7, 11) is -2.92. The van der Waals surface area contributed by atoms with E-state index in [0.29, 0.717) is 5.92 Å². The Morgan fingerprint density at radius 3 is 1.90 bits per heavy atom. The van der Waals surface area contributed by atoms with Crippen LogP contribution in [0.4, 0.5) is 0 Å². The topological polar surface area (TPSA) is 29.4 Å². The fourth-order valence-electron chi connectivity index (χ4n) is 2.86. The van der Waals surface area contributed by atoms with Crippen LogP contribution in [0.25, 0.3) is 0 Å². The van der Waals surface area contributed by atoms with Gasteiger partial charge in [-0.3, -0.25) is 4.57 Å². The minimum atomic E-state index is -2.92. The highest BCUT2D eigenvalue weighted by Crippen LogP contribution is 2.46. The molecule has 2 aromatic carbocycles. The van der Waals surface area contributed by atoms with Gasteiger partial charge in [0, 0.05) is 16.3 Å². The molecule has 0 N–H and O–H groups in total.